The number of aliphatic hydroxyl groups excluding tert-OH is 1. The van der Waals surface area contributed by atoms with Gasteiger partial charge < -0.3 is 25.7 Å². The maximum Gasteiger partial charge on any atom is 0.306 e. The summed E-state index contributed by atoms with van der Waals surface area (Å²) in [5.41, 5.74) is 1.42. The van der Waals surface area contributed by atoms with Crippen LogP contribution in [0.2, 0.25) is 0 Å². The van der Waals surface area contributed by atoms with Crippen LogP contribution in [-0.4, -0.2) is 85.9 Å². The van der Waals surface area contributed by atoms with Crippen LogP contribution in [0.1, 0.15) is 118 Å². The molecule has 5 rings (SSSR count). The second-order valence-corrected chi connectivity index (χ2v) is 17.1. The van der Waals surface area contributed by atoms with Gasteiger partial charge in [-0.05, 0) is 62.2 Å². The van der Waals surface area contributed by atoms with Crippen molar-refractivity contribution in [3.05, 3.63) is 87.9 Å². The smallest absolute Gasteiger partial charge is 0.306 e. The molecular formula is C43H59N5O6S. The van der Waals surface area contributed by atoms with Crippen LogP contribution >= 0.6 is 11.3 Å². The molecule has 1 saturated carbocycles. The zero-order chi connectivity index (χ0) is 39.9. The highest BCUT2D eigenvalue weighted by molar-refractivity contribution is 7.09. The van der Waals surface area contributed by atoms with Crippen molar-refractivity contribution in [2.75, 3.05) is 13.6 Å². The molecule has 2 fully saturated rings. The summed E-state index contributed by atoms with van der Waals surface area (Å²) in [6, 6.07) is 18.1. The molecule has 298 valence electrons. The number of carboxylic acid groups (broad SMARTS) is 1. The first kappa shape index (κ1) is 42.0. The SMILES string of the molecule is CC[C@H](C)[C@H](NC(=O)[C@H]1CCCCN1C)C(=O)N(Cc1ccccc1)[C@H](C[C@@H](O)c1nc(C(=O)NC2(C[C@H](C)C(=O)O)C[C@H]2c2ccccc2)cs1)C(C)C. The molecule has 3 amide bonds. The van der Waals surface area contributed by atoms with Gasteiger partial charge in [-0.3, -0.25) is 24.1 Å². The molecule has 55 heavy (non-hydrogen) atoms. The van der Waals surface area contributed by atoms with E-state index in [-0.39, 0.29) is 54.1 Å². The van der Waals surface area contributed by atoms with Crippen molar-refractivity contribution in [2.45, 2.75) is 122 Å². The zero-order valence-electron chi connectivity index (χ0n) is 33.1. The van der Waals surface area contributed by atoms with Gasteiger partial charge in [-0.15, -0.1) is 11.3 Å². The van der Waals surface area contributed by atoms with E-state index in [2.05, 4.69) is 20.5 Å². The van der Waals surface area contributed by atoms with Crippen LogP contribution in [0.15, 0.2) is 66.0 Å². The molecule has 8 atom stereocenters. The first-order valence-corrected chi connectivity index (χ1v) is 20.7. The lowest BCUT2D eigenvalue weighted by Gasteiger charge is -2.40. The summed E-state index contributed by atoms with van der Waals surface area (Å²) in [5.74, 6) is -2.51. The third kappa shape index (κ3) is 10.4. The average Bonchev–Trinajstić information content (AvgIpc) is 3.62. The third-order valence-corrected chi connectivity index (χ3v) is 12.7. The monoisotopic (exact) mass is 773 g/mol. The minimum Gasteiger partial charge on any atom is -0.481 e. The summed E-state index contributed by atoms with van der Waals surface area (Å²) >= 11 is 1.18. The highest BCUT2D eigenvalue weighted by atomic mass is 32.1. The fraction of sp³-hybridized carbons (Fsp3) is 0.558. The molecule has 1 aliphatic heterocycles. The number of hydrogen-bond donors (Lipinski definition) is 4. The first-order valence-electron chi connectivity index (χ1n) is 19.8. The van der Waals surface area contributed by atoms with E-state index in [0.717, 1.165) is 36.9 Å². The minimum atomic E-state index is -1.07. The zero-order valence-corrected chi connectivity index (χ0v) is 33.9. The van der Waals surface area contributed by atoms with E-state index in [1.54, 1.807) is 12.3 Å². The van der Waals surface area contributed by atoms with E-state index in [4.69, 9.17) is 0 Å². The number of piperidine rings is 1. The van der Waals surface area contributed by atoms with E-state index in [9.17, 15) is 29.4 Å². The van der Waals surface area contributed by atoms with Gasteiger partial charge >= 0.3 is 5.97 Å². The molecule has 11 nitrogen and oxygen atoms in total. The molecule has 2 aromatic carbocycles. The van der Waals surface area contributed by atoms with Gasteiger partial charge in [0.1, 0.15) is 22.8 Å². The molecule has 1 unspecified atom stereocenters. The van der Waals surface area contributed by atoms with Crippen LogP contribution in [0.4, 0.5) is 0 Å². The number of likely N-dealkylation sites (tertiary alicyclic amines) is 1. The number of carbonyl (C=O) groups excluding carboxylic acids is 3. The van der Waals surface area contributed by atoms with E-state index in [1.165, 1.54) is 11.3 Å². The summed E-state index contributed by atoms with van der Waals surface area (Å²) < 4.78 is 0. The number of hydrogen-bond acceptors (Lipinski definition) is 8. The van der Waals surface area contributed by atoms with Crippen LogP contribution in [-0.2, 0) is 20.9 Å². The summed E-state index contributed by atoms with van der Waals surface area (Å²) in [7, 11) is 1.96. The highest BCUT2D eigenvalue weighted by Crippen LogP contribution is 2.55. The predicted octanol–water partition coefficient (Wildman–Crippen LogP) is 6.40. The Hall–Kier alpha value is -4.13. The molecule has 0 radical (unpaired) electrons. The Balaban J connectivity index is 1.36. The molecular weight excluding hydrogens is 715 g/mol. The van der Waals surface area contributed by atoms with Crippen molar-refractivity contribution >= 4 is 35.0 Å². The van der Waals surface area contributed by atoms with Crippen molar-refractivity contribution in [1.82, 2.24) is 25.4 Å². The van der Waals surface area contributed by atoms with Crippen LogP contribution in [0.25, 0.3) is 0 Å². The quantitative estimate of drug-likeness (QED) is 0.116. The van der Waals surface area contributed by atoms with Gasteiger partial charge in [0.2, 0.25) is 11.8 Å². The van der Waals surface area contributed by atoms with Crippen LogP contribution in [0.3, 0.4) is 0 Å². The van der Waals surface area contributed by atoms with Gasteiger partial charge in [-0.1, -0.05) is 108 Å². The van der Waals surface area contributed by atoms with Crippen molar-refractivity contribution < 1.29 is 29.4 Å². The standard InChI is InChI=1S/C43H59N5O6S/c1-7-28(4)37(45-39(51)34-20-14-15-21-47(34)6)41(52)48(25-30-16-10-8-11-17-30)35(27(2)3)22-36(49)40-44-33(26-55-40)38(50)46-43(23-29(5)42(53)54)24-32(43)31-18-12-9-13-19-31/h8-13,16-19,26-29,32,34-37,49H,7,14-15,20-25H2,1-6H3,(H,45,51)(H,46,50)(H,53,54)/t28-,29-,32-,34+,35+,36+,37-,43?/m0/s1. The molecule has 1 aliphatic carbocycles. The maximum absolute atomic E-state index is 14.8. The second kappa shape index (κ2) is 18.7. The summed E-state index contributed by atoms with van der Waals surface area (Å²) in [4.78, 5) is 62.5. The number of nitrogens with zero attached hydrogens (tertiary/aromatic N) is 3. The van der Waals surface area contributed by atoms with Crippen LogP contribution in [0, 0.1) is 17.8 Å². The molecule has 0 spiro atoms. The molecule has 1 saturated heterocycles. The second-order valence-electron chi connectivity index (χ2n) is 16.2. The first-order chi connectivity index (χ1) is 26.2. The molecule has 12 heteroatoms. The molecule has 2 heterocycles. The number of thiazole rings is 1. The van der Waals surface area contributed by atoms with Crippen LogP contribution < -0.4 is 10.6 Å². The molecule has 3 aromatic rings. The number of rotatable bonds is 18. The average molecular weight is 774 g/mol. The van der Waals surface area contributed by atoms with E-state index in [0.29, 0.717) is 24.4 Å². The van der Waals surface area contributed by atoms with Gasteiger partial charge in [0.25, 0.3) is 5.91 Å². The number of benzene rings is 2. The van der Waals surface area contributed by atoms with Crippen molar-refractivity contribution in [2.24, 2.45) is 17.8 Å². The fourth-order valence-corrected chi connectivity index (χ4v) is 8.85. The topological polar surface area (TPSA) is 152 Å². The summed E-state index contributed by atoms with van der Waals surface area (Å²) in [5, 5.41) is 29.7. The summed E-state index contributed by atoms with van der Waals surface area (Å²) in [6.45, 7) is 10.8. The van der Waals surface area contributed by atoms with Crippen molar-refractivity contribution in [3.63, 3.8) is 0 Å². The van der Waals surface area contributed by atoms with Gasteiger partial charge in [-0.2, -0.15) is 0 Å². The van der Waals surface area contributed by atoms with Gasteiger partial charge in [-0.25, -0.2) is 4.98 Å². The molecule has 1 aromatic heterocycles. The predicted molar refractivity (Wildman–Crippen MR) is 214 cm³/mol. The Morgan fingerprint density at radius 3 is 2.31 bits per heavy atom. The minimum absolute atomic E-state index is 0.0179. The van der Waals surface area contributed by atoms with Gasteiger partial charge in [0.05, 0.1) is 12.0 Å². The Kier molecular flexibility index (Phi) is 14.3. The van der Waals surface area contributed by atoms with Crippen LogP contribution in [0.5, 0.6) is 0 Å². The van der Waals surface area contributed by atoms with E-state index >= 15 is 0 Å². The number of nitrogens with one attached hydrogen (secondary N) is 2. The number of aliphatic carboxylic acids is 1. The fourth-order valence-electron chi connectivity index (χ4n) is 8.06. The van der Waals surface area contributed by atoms with E-state index < -0.39 is 41.5 Å². The van der Waals surface area contributed by atoms with Gasteiger partial charge in [0.15, 0.2) is 0 Å². The number of carbonyl (C=O) groups is 4. The number of amides is 3. The third-order valence-electron chi connectivity index (χ3n) is 11.7. The molecule has 2 aliphatic rings. The normalized spacial score (nSPS) is 22.5. The number of aromatic nitrogens is 1. The number of aliphatic hydroxyl groups is 1. The Morgan fingerprint density at radius 1 is 1.02 bits per heavy atom. The van der Waals surface area contributed by atoms with Crippen molar-refractivity contribution in [1.29, 1.82) is 0 Å². The number of likely N-dealkylation sites (N-methyl/N-ethyl adjacent to an activating group) is 1. The largest absolute Gasteiger partial charge is 0.481 e. The number of carboxylic acids is 1. The van der Waals surface area contributed by atoms with E-state index in [1.807, 2.05) is 100 Å². The summed E-state index contributed by atoms with van der Waals surface area (Å²) in [6.07, 6.45) is 3.46. The Morgan fingerprint density at radius 2 is 1.69 bits per heavy atom. The molecule has 0 bridgehead atoms. The lowest BCUT2D eigenvalue weighted by Crippen LogP contribution is -2.58. The van der Waals surface area contributed by atoms with Gasteiger partial charge in [0, 0.05) is 35.8 Å². The lowest BCUT2D eigenvalue weighted by molar-refractivity contribution is -0.143. The Labute approximate surface area is 329 Å². The maximum atomic E-state index is 14.8. The van der Waals surface area contributed by atoms with Crippen molar-refractivity contribution in [3.8, 4) is 0 Å². The lowest BCUT2D eigenvalue weighted by atomic mass is 9.91. The highest BCUT2D eigenvalue weighted by Gasteiger charge is 2.57. The Bertz CT molecular complexity index is 1750. The molecule has 4 N–H and O–H groups in total.